The summed E-state index contributed by atoms with van der Waals surface area (Å²) in [6, 6.07) is 3.11. The molecule has 0 unspecified atom stereocenters. The highest BCUT2D eigenvalue weighted by Gasteiger charge is 2.09. The van der Waals surface area contributed by atoms with E-state index in [1.165, 1.54) is 6.07 Å². The minimum Gasteiger partial charge on any atom is -0.255 e. The van der Waals surface area contributed by atoms with Crippen LogP contribution in [0, 0.1) is 11.6 Å². The summed E-state index contributed by atoms with van der Waals surface area (Å²) in [6.07, 6.45) is 0. The van der Waals surface area contributed by atoms with Gasteiger partial charge in [-0.1, -0.05) is 11.3 Å². The molecule has 72 valence electrons. The van der Waals surface area contributed by atoms with Gasteiger partial charge in [0.25, 0.3) is 0 Å². The van der Waals surface area contributed by atoms with Crippen LogP contribution >= 0.6 is 11.3 Å². The van der Waals surface area contributed by atoms with Gasteiger partial charge in [-0.05, 0) is 12.1 Å². The Hall–Kier alpha value is -1.56. The Labute approximate surface area is 81.0 Å². The number of aromatic nitrogens is 2. The summed E-state index contributed by atoms with van der Waals surface area (Å²) in [7, 11) is 0. The van der Waals surface area contributed by atoms with Crippen molar-refractivity contribution >= 4 is 11.3 Å². The van der Waals surface area contributed by atoms with Gasteiger partial charge in [-0.3, -0.25) is 4.79 Å². The highest BCUT2D eigenvalue weighted by molar-refractivity contribution is 7.12. The topological polar surface area (TPSA) is 45.8 Å². The fourth-order valence-electron chi connectivity index (χ4n) is 1.01. The number of halogens is 2. The lowest BCUT2D eigenvalue weighted by Crippen LogP contribution is -1.90. The number of rotatable bonds is 1. The smallest absolute Gasteiger partial charge is 0.255 e. The molecule has 0 saturated heterocycles. The zero-order valence-corrected chi connectivity index (χ0v) is 7.57. The fourth-order valence-corrected chi connectivity index (χ4v) is 1.64. The molecule has 0 spiro atoms. The number of benzene rings is 1. The highest BCUT2D eigenvalue weighted by Crippen LogP contribution is 2.22. The summed E-state index contributed by atoms with van der Waals surface area (Å²) in [5.41, 5.74) is 0.120. The van der Waals surface area contributed by atoms with E-state index in [0.29, 0.717) is 0 Å². The molecule has 3 nitrogen and oxygen atoms in total. The van der Waals surface area contributed by atoms with Crippen LogP contribution in [-0.2, 0) is 0 Å². The first-order valence-electron chi connectivity index (χ1n) is 3.68. The summed E-state index contributed by atoms with van der Waals surface area (Å²) in [6.45, 7) is 0. The molecule has 1 aromatic heterocycles. The molecule has 1 heterocycles. The first-order valence-corrected chi connectivity index (χ1v) is 4.49. The minimum absolute atomic E-state index is 0.120. The third kappa shape index (κ3) is 1.56. The molecule has 0 bridgehead atoms. The zero-order chi connectivity index (χ0) is 10.1. The molecule has 6 heteroatoms. The van der Waals surface area contributed by atoms with Crippen molar-refractivity contribution in [3.8, 4) is 10.6 Å². The van der Waals surface area contributed by atoms with Crippen LogP contribution < -0.4 is 4.87 Å². The van der Waals surface area contributed by atoms with E-state index >= 15 is 0 Å². The van der Waals surface area contributed by atoms with Gasteiger partial charge in [0, 0.05) is 11.6 Å². The fraction of sp³-hybridized carbons (Fsp3) is 0. The Morgan fingerprint density at radius 1 is 1.36 bits per heavy atom. The molecule has 0 fully saturated rings. The van der Waals surface area contributed by atoms with Crippen molar-refractivity contribution in [2.45, 2.75) is 0 Å². The average molecular weight is 214 g/mol. The van der Waals surface area contributed by atoms with E-state index in [1.807, 2.05) is 0 Å². The molecule has 1 aromatic carbocycles. The molecule has 1 N–H and O–H groups in total. The molecule has 2 rings (SSSR count). The largest absolute Gasteiger partial charge is 0.322 e. The van der Waals surface area contributed by atoms with Crippen molar-refractivity contribution in [3.63, 3.8) is 0 Å². The molecule has 0 amide bonds. The summed E-state index contributed by atoms with van der Waals surface area (Å²) < 4.78 is 25.7. The predicted octanol–water partition coefficient (Wildman–Crippen LogP) is 1.78. The van der Waals surface area contributed by atoms with Gasteiger partial charge in [-0.2, -0.15) is 5.10 Å². The van der Waals surface area contributed by atoms with Gasteiger partial charge in [0.05, 0.1) is 0 Å². The van der Waals surface area contributed by atoms with Gasteiger partial charge >= 0.3 is 4.87 Å². The lowest BCUT2D eigenvalue weighted by atomic mass is 10.2. The molecule has 0 aliphatic rings. The summed E-state index contributed by atoms with van der Waals surface area (Å²) >= 11 is 0.776. The van der Waals surface area contributed by atoms with E-state index < -0.39 is 11.6 Å². The molecule has 14 heavy (non-hydrogen) atoms. The second-order valence-corrected chi connectivity index (χ2v) is 3.50. The van der Waals surface area contributed by atoms with Crippen LogP contribution in [0.3, 0.4) is 0 Å². The highest BCUT2D eigenvalue weighted by atomic mass is 32.1. The molecule has 0 radical (unpaired) electrons. The first kappa shape index (κ1) is 9.01. The number of nitrogens with one attached hydrogen (secondary N) is 1. The van der Waals surface area contributed by atoms with Gasteiger partial charge in [-0.15, -0.1) is 0 Å². The maximum atomic E-state index is 13.2. The van der Waals surface area contributed by atoms with Crippen LogP contribution in [-0.4, -0.2) is 10.2 Å². The van der Waals surface area contributed by atoms with Gasteiger partial charge < -0.3 is 0 Å². The van der Waals surface area contributed by atoms with E-state index in [1.54, 1.807) is 0 Å². The SMILES string of the molecule is O=c1[nH]nc(-c2ccc(F)cc2F)s1. The average Bonchev–Trinajstić information content (AvgIpc) is 2.51. The maximum Gasteiger partial charge on any atom is 0.322 e. The second-order valence-electron chi connectivity index (χ2n) is 2.54. The van der Waals surface area contributed by atoms with Crippen molar-refractivity contribution < 1.29 is 8.78 Å². The molecular formula is C8H4F2N2OS. The van der Waals surface area contributed by atoms with E-state index in [0.717, 1.165) is 23.5 Å². The van der Waals surface area contributed by atoms with Crippen molar-refractivity contribution in [2.75, 3.05) is 0 Å². The van der Waals surface area contributed by atoms with Crippen LogP contribution in [0.25, 0.3) is 10.6 Å². The number of hydrogen-bond acceptors (Lipinski definition) is 3. The van der Waals surface area contributed by atoms with Crippen molar-refractivity contribution in [1.82, 2.24) is 10.2 Å². The number of H-pyrrole nitrogens is 1. The number of hydrogen-bond donors (Lipinski definition) is 1. The first-order chi connectivity index (χ1) is 6.66. The second kappa shape index (κ2) is 3.30. The van der Waals surface area contributed by atoms with Crippen LogP contribution in [0.15, 0.2) is 23.0 Å². The number of aromatic amines is 1. The van der Waals surface area contributed by atoms with Crippen LogP contribution in [0.2, 0.25) is 0 Å². The zero-order valence-electron chi connectivity index (χ0n) is 6.75. The molecule has 0 aliphatic heterocycles. The van der Waals surface area contributed by atoms with Gasteiger partial charge in [-0.25, -0.2) is 13.9 Å². The third-order valence-corrected chi connectivity index (χ3v) is 2.38. The summed E-state index contributed by atoms with van der Waals surface area (Å²) in [5, 5.41) is 5.97. The maximum absolute atomic E-state index is 13.2. The molecular weight excluding hydrogens is 210 g/mol. The van der Waals surface area contributed by atoms with Crippen molar-refractivity contribution in [3.05, 3.63) is 39.5 Å². The quantitative estimate of drug-likeness (QED) is 0.786. The Morgan fingerprint density at radius 2 is 2.14 bits per heavy atom. The minimum atomic E-state index is -0.729. The Bertz CT molecular complexity index is 520. The molecule has 2 aromatic rings. The lowest BCUT2D eigenvalue weighted by molar-refractivity contribution is 0.585. The Kier molecular flexibility index (Phi) is 2.12. The van der Waals surface area contributed by atoms with Crippen molar-refractivity contribution in [2.24, 2.45) is 0 Å². The van der Waals surface area contributed by atoms with E-state index in [9.17, 15) is 13.6 Å². The Morgan fingerprint density at radius 3 is 2.71 bits per heavy atom. The van der Waals surface area contributed by atoms with Gasteiger partial charge in [0.1, 0.15) is 11.6 Å². The molecule has 0 atom stereocenters. The van der Waals surface area contributed by atoms with Crippen molar-refractivity contribution in [1.29, 1.82) is 0 Å². The lowest BCUT2D eigenvalue weighted by Gasteiger charge is -1.96. The van der Waals surface area contributed by atoms with E-state index in [2.05, 4.69) is 10.2 Å². The van der Waals surface area contributed by atoms with Crippen LogP contribution in [0.1, 0.15) is 0 Å². The monoisotopic (exact) mass is 214 g/mol. The molecule has 0 saturated carbocycles. The van der Waals surface area contributed by atoms with E-state index in [-0.39, 0.29) is 15.4 Å². The third-order valence-electron chi connectivity index (χ3n) is 1.60. The number of nitrogens with zero attached hydrogens (tertiary/aromatic N) is 1. The Balaban J connectivity index is 2.57. The van der Waals surface area contributed by atoms with Gasteiger partial charge in [0.2, 0.25) is 0 Å². The van der Waals surface area contributed by atoms with Crippen LogP contribution in [0.5, 0.6) is 0 Å². The summed E-state index contributed by atoms with van der Waals surface area (Å²) in [4.78, 5) is 10.4. The standard InChI is InChI=1S/C8H4F2N2OS/c9-4-1-2-5(6(10)3-4)7-11-12-8(13)14-7/h1-3H,(H,12,13). The van der Waals surface area contributed by atoms with E-state index in [4.69, 9.17) is 0 Å². The van der Waals surface area contributed by atoms with Gasteiger partial charge in [0.15, 0.2) is 5.01 Å². The summed E-state index contributed by atoms with van der Waals surface area (Å²) in [5.74, 6) is -1.39. The van der Waals surface area contributed by atoms with Crippen LogP contribution in [0.4, 0.5) is 8.78 Å². The normalized spacial score (nSPS) is 10.4. The predicted molar refractivity (Wildman–Crippen MR) is 48.1 cm³/mol. The molecule has 0 aliphatic carbocycles.